The lowest BCUT2D eigenvalue weighted by Crippen LogP contribution is -2.46. The highest BCUT2D eigenvalue weighted by molar-refractivity contribution is 6.21. The molecule has 0 radical (unpaired) electrons. The fourth-order valence-electron chi connectivity index (χ4n) is 1.56. The fourth-order valence-corrected chi connectivity index (χ4v) is 1.56. The number of hydrogen-bond acceptors (Lipinski definition) is 3. The zero-order valence-corrected chi connectivity index (χ0v) is 7.50. The van der Waals surface area contributed by atoms with Gasteiger partial charge in [-0.15, -0.1) is 0 Å². The Bertz CT molecular complexity index is 184. The molecule has 0 aliphatic heterocycles. The van der Waals surface area contributed by atoms with Crippen LogP contribution < -0.4 is 0 Å². The van der Waals surface area contributed by atoms with Gasteiger partial charge in [0.15, 0.2) is 11.6 Å². The molecule has 0 aromatic rings. The molecule has 1 fully saturated rings. The highest BCUT2D eigenvalue weighted by atomic mass is 16.5. The second-order valence-electron chi connectivity index (χ2n) is 3.15. The van der Waals surface area contributed by atoms with Crippen molar-refractivity contribution in [3.05, 3.63) is 0 Å². The van der Waals surface area contributed by atoms with E-state index in [2.05, 4.69) is 0 Å². The minimum atomic E-state index is -0.449. The molecule has 0 aromatic carbocycles. The van der Waals surface area contributed by atoms with Crippen molar-refractivity contribution < 1.29 is 14.3 Å². The molecule has 0 heterocycles. The molecule has 0 saturated heterocycles. The van der Waals surface area contributed by atoms with Crippen LogP contribution in [0.3, 0.4) is 0 Å². The minimum Gasteiger partial charge on any atom is -0.380 e. The van der Waals surface area contributed by atoms with Gasteiger partial charge in [-0.3, -0.25) is 9.59 Å². The van der Waals surface area contributed by atoms with Crippen LogP contribution in [-0.2, 0) is 14.3 Å². The minimum absolute atomic E-state index is 0.0419. The third-order valence-electron chi connectivity index (χ3n) is 2.29. The Morgan fingerprint density at radius 1 is 1.50 bits per heavy atom. The summed E-state index contributed by atoms with van der Waals surface area (Å²) in [7, 11) is 1.55. The Balaban J connectivity index is 2.52. The van der Waals surface area contributed by atoms with Gasteiger partial charge in [-0.25, -0.2) is 0 Å². The van der Waals surface area contributed by atoms with Crippen LogP contribution in [0, 0.1) is 5.92 Å². The van der Waals surface area contributed by atoms with Gasteiger partial charge in [-0.05, 0) is 6.42 Å². The van der Waals surface area contributed by atoms with E-state index in [-0.39, 0.29) is 24.1 Å². The first kappa shape index (κ1) is 9.39. The molecule has 1 saturated carbocycles. The SMILES string of the molecule is CCCC(OC)C1C(=O)CC1=O. The summed E-state index contributed by atoms with van der Waals surface area (Å²) in [5.41, 5.74) is 0. The fraction of sp³-hybridized carbons (Fsp3) is 0.778. The molecular weight excluding hydrogens is 156 g/mol. The third-order valence-corrected chi connectivity index (χ3v) is 2.29. The van der Waals surface area contributed by atoms with Crippen LogP contribution in [-0.4, -0.2) is 24.8 Å². The van der Waals surface area contributed by atoms with Gasteiger partial charge in [0.05, 0.1) is 12.5 Å². The number of ketones is 2. The lowest BCUT2D eigenvalue weighted by atomic mass is 9.77. The molecule has 0 spiro atoms. The maximum Gasteiger partial charge on any atom is 0.153 e. The van der Waals surface area contributed by atoms with Gasteiger partial charge >= 0.3 is 0 Å². The molecule has 0 bridgehead atoms. The second-order valence-corrected chi connectivity index (χ2v) is 3.15. The number of carbonyl (C=O) groups is 2. The summed E-state index contributed by atoms with van der Waals surface area (Å²) in [5.74, 6) is -0.365. The van der Waals surface area contributed by atoms with Crippen molar-refractivity contribution in [2.24, 2.45) is 5.92 Å². The number of hydrogen-bond donors (Lipinski definition) is 0. The summed E-state index contributed by atoms with van der Waals surface area (Å²) >= 11 is 0. The van der Waals surface area contributed by atoms with Crippen LogP contribution >= 0.6 is 0 Å². The summed E-state index contributed by atoms with van der Waals surface area (Å²) in [6, 6.07) is 0. The predicted octanol–water partition coefficient (Wildman–Crippen LogP) is 0.960. The molecule has 1 rings (SSSR count). The van der Waals surface area contributed by atoms with Crippen molar-refractivity contribution in [2.45, 2.75) is 32.3 Å². The largest absolute Gasteiger partial charge is 0.380 e. The van der Waals surface area contributed by atoms with Gasteiger partial charge in [-0.1, -0.05) is 13.3 Å². The van der Waals surface area contributed by atoms with E-state index in [4.69, 9.17) is 4.74 Å². The Labute approximate surface area is 72.1 Å². The van der Waals surface area contributed by atoms with Gasteiger partial charge in [-0.2, -0.15) is 0 Å². The molecular formula is C9H14O3. The molecule has 3 nitrogen and oxygen atoms in total. The molecule has 0 amide bonds. The van der Waals surface area contributed by atoms with Crippen molar-refractivity contribution in [2.75, 3.05) is 7.11 Å². The highest BCUT2D eigenvalue weighted by Crippen LogP contribution is 2.26. The third kappa shape index (κ3) is 1.55. The monoisotopic (exact) mass is 170 g/mol. The van der Waals surface area contributed by atoms with Gasteiger partial charge in [0.1, 0.15) is 5.92 Å². The van der Waals surface area contributed by atoms with Crippen LogP contribution in [0.4, 0.5) is 0 Å². The summed E-state index contributed by atoms with van der Waals surface area (Å²) < 4.78 is 5.09. The Morgan fingerprint density at radius 3 is 2.42 bits per heavy atom. The van der Waals surface area contributed by atoms with Gasteiger partial charge in [0, 0.05) is 7.11 Å². The molecule has 1 unspecified atom stereocenters. The maximum absolute atomic E-state index is 11.0. The predicted molar refractivity (Wildman–Crippen MR) is 43.8 cm³/mol. The van der Waals surface area contributed by atoms with Gasteiger partial charge in [0.25, 0.3) is 0 Å². The number of carbonyl (C=O) groups excluding carboxylic acids is 2. The molecule has 1 aliphatic rings. The first-order valence-corrected chi connectivity index (χ1v) is 4.29. The molecule has 0 aromatic heterocycles. The summed E-state index contributed by atoms with van der Waals surface area (Å²) in [6.45, 7) is 2.01. The van der Waals surface area contributed by atoms with Crippen LogP contribution in [0.15, 0.2) is 0 Å². The zero-order chi connectivity index (χ0) is 9.14. The number of rotatable bonds is 4. The summed E-state index contributed by atoms with van der Waals surface area (Å²) in [5, 5.41) is 0. The van der Waals surface area contributed by atoms with Crippen molar-refractivity contribution in [3.8, 4) is 0 Å². The van der Waals surface area contributed by atoms with E-state index in [1.54, 1.807) is 7.11 Å². The Hall–Kier alpha value is -0.700. The zero-order valence-electron chi connectivity index (χ0n) is 7.50. The number of methoxy groups -OCH3 is 1. The van der Waals surface area contributed by atoms with Crippen LogP contribution in [0.2, 0.25) is 0 Å². The second kappa shape index (κ2) is 3.81. The van der Waals surface area contributed by atoms with Gasteiger partial charge < -0.3 is 4.74 Å². The smallest absolute Gasteiger partial charge is 0.153 e. The van der Waals surface area contributed by atoms with E-state index in [1.165, 1.54) is 0 Å². The Morgan fingerprint density at radius 2 is 2.08 bits per heavy atom. The van der Waals surface area contributed by atoms with Crippen LogP contribution in [0.1, 0.15) is 26.2 Å². The molecule has 1 aliphatic carbocycles. The van der Waals surface area contributed by atoms with Crippen LogP contribution in [0.5, 0.6) is 0 Å². The molecule has 1 atom stereocenters. The van der Waals surface area contributed by atoms with E-state index in [0.717, 1.165) is 12.8 Å². The first-order valence-electron chi connectivity index (χ1n) is 4.29. The number of ether oxygens (including phenoxy) is 1. The normalized spacial score (nSPS) is 20.8. The molecule has 12 heavy (non-hydrogen) atoms. The topological polar surface area (TPSA) is 43.4 Å². The molecule has 0 N–H and O–H groups in total. The average molecular weight is 170 g/mol. The van der Waals surface area contributed by atoms with Crippen LogP contribution in [0.25, 0.3) is 0 Å². The van der Waals surface area contributed by atoms with E-state index >= 15 is 0 Å². The lowest BCUT2D eigenvalue weighted by molar-refractivity contribution is -0.150. The number of Topliss-reactive ketones (excluding diaryl/α,β-unsaturated/α-hetero) is 2. The van der Waals surface area contributed by atoms with E-state index < -0.39 is 5.92 Å². The maximum atomic E-state index is 11.0. The summed E-state index contributed by atoms with van der Waals surface area (Å²) in [4.78, 5) is 22.0. The van der Waals surface area contributed by atoms with Gasteiger partial charge in [0.2, 0.25) is 0 Å². The van der Waals surface area contributed by atoms with Crippen molar-refractivity contribution >= 4 is 11.6 Å². The average Bonchev–Trinajstić information content (AvgIpc) is 2.03. The molecule has 68 valence electrons. The first-order chi connectivity index (χ1) is 5.70. The van der Waals surface area contributed by atoms with Crippen molar-refractivity contribution in [1.29, 1.82) is 0 Å². The van der Waals surface area contributed by atoms with E-state index in [1.807, 2.05) is 6.92 Å². The molecule has 3 heteroatoms. The van der Waals surface area contributed by atoms with Crippen molar-refractivity contribution in [3.63, 3.8) is 0 Å². The van der Waals surface area contributed by atoms with Crippen molar-refractivity contribution in [1.82, 2.24) is 0 Å². The lowest BCUT2D eigenvalue weighted by Gasteiger charge is -2.29. The van der Waals surface area contributed by atoms with E-state index in [0.29, 0.717) is 0 Å². The Kier molecular flexibility index (Phi) is 2.98. The summed E-state index contributed by atoms with van der Waals surface area (Å²) in [6.07, 6.45) is 1.67. The van der Waals surface area contributed by atoms with E-state index in [9.17, 15) is 9.59 Å². The highest BCUT2D eigenvalue weighted by Gasteiger charge is 2.43. The quantitative estimate of drug-likeness (QED) is 0.590. The standard InChI is InChI=1S/C9H14O3/c1-3-4-8(12-2)9-6(10)5-7(9)11/h8-9H,3-5H2,1-2H3.